The van der Waals surface area contributed by atoms with Crippen LogP contribution in [-0.4, -0.2) is 24.3 Å². The number of rotatable bonds is 2. The first-order valence-corrected chi connectivity index (χ1v) is 14.1. The molecule has 0 unspecified atom stereocenters. The maximum atomic E-state index is 6.77. The molecule has 1 aliphatic heterocycles. The van der Waals surface area contributed by atoms with Crippen molar-refractivity contribution in [2.75, 3.05) is 0 Å². The van der Waals surface area contributed by atoms with Crippen molar-refractivity contribution in [3.63, 3.8) is 0 Å². The molecular formula is C37H23B2N2. The summed E-state index contributed by atoms with van der Waals surface area (Å²) in [6, 6.07) is 43.7. The summed E-state index contributed by atoms with van der Waals surface area (Å²) in [6.07, 6.45) is 0. The van der Waals surface area contributed by atoms with Gasteiger partial charge in [-0.15, -0.1) is 0 Å². The first kappa shape index (κ1) is 22.8. The average molecular weight is 517 g/mol. The summed E-state index contributed by atoms with van der Waals surface area (Å²) >= 11 is 0. The summed E-state index contributed by atoms with van der Waals surface area (Å²) in [5, 5.41) is 4.93. The monoisotopic (exact) mass is 517 g/mol. The number of para-hydroxylation sites is 4. The van der Waals surface area contributed by atoms with Gasteiger partial charge in [0.1, 0.15) is 7.85 Å². The molecule has 2 nitrogen and oxygen atoms in total. The van der Waals surface area contributed by atoms with Crippen LogP contribution in [-0.2, 0) is 0 Å². The van der Waals surface area contributed by atoms with Crippen LogP contribution in [0.25, 0.3) is 66.1 Å². The van der Waals surface area contributed by atoms with Gasteiger partial charge in [0.05, 0.1) is 11.0 Å². The second-order valence-corrected chi connectivity index (χ2v) is 11.1. The third-order valence-corrected chi connectivity index (χ3v) is 8.83. The molecule has 2 aromatic heterocycles. The van der Waals surface area contributed by atoms with E-state index in [9.17, 15) is 0 Å². The number of hydrogen-bond donors (Lipinski definition) is 0. The van der Waals surface area contributed by atoms with Crippen LogP contribution in [0.3, 0.4) is 0 Å². The normalized spacial score (nSPS) is 12.3. The van der Waals surface area contributed by atoms with E-state index in [1.54, 1.807) is 0 Å². The first-order chi connectivity index (χ1) is 20.2. The molecule has 41 heavy (non-hydrogen) atoms. The number of hydrogen-bond acceptors (Lipinski definition) is 0. The summed E-state index contributed by atoms with van der Waals surface area (Å²) in [7, 11) is 9.14. The smallest absolute Gasteiger partial charge is 0.199 e. The molecule has 0 N–H and O–H groups in total. The SMILES string of the molecule is [B]c1cccc2c3ccccc3n(-c3cc(-c4ccccc4C)cc4c3[B]c3cccc5c6ccccc6n-4c35)c12. The first-order valence-electron chi connectivity index (χ1n) is 14.1. The Hall–Kier alpha value is -4.95. The lowest BCUT2D eigenvalue weighted by molar-refractivity contribution is 1.15. The lowest BCUT2D eigenvalue weighted by Crippen LogP contribution is -2.38. The minimum absolute atomic E-state index is 0.777. The Morgan fingerprint density at radius 3 is 1.83 bits per heavy atom. The Bertz CT molecular complexity index is 2370. The van der Waals surface area contributed by atoms with E-state index in [0.717, 1.165) is 22.2 Å². The summed E-state index contributed by atoms with van der Waals surface area (Å²) in [5.41, 5.74) is 13.9. The second kappa shape index (κ2) is 8.28. The molecule has 0 fully saturated rings. The van der Waals surface area contributed by atoms with Gasteiger partial charge in [-0.05, 0) is 53.3 Å². The summed E-state index contributed by atoms with van der Waals surface area (Å²) in [5.74, 6) is 0. The molecule has 0 atom stereocenters. The average Bonchev–Trinajstić information content (AvgIpc) is 3.53. The number of aryl methyl sites for hydroxylation is 1. The molecule has 0 spiro atoms. The molecule has 1 aliphatic rings. The lowest BCUT2D eigenvalue weighted by atomic mass is 9.60. The molecule has 0 saturated carbocycles. The standard InChI is InChI=1S/C37H23B2N2/c1-22-10-2-3-11-24(22)23-20-33(40-31-18-6-4-12-25(31)27-14-8-16-29(38)36(27)40)35-34(21-23)41-32-19-7-5-13-26(32)28-15-9-17-30(39-35)37(28)41/h2-21H,1H3. The van der Waals surface area contributed by atoms with E-state index in [1.165, 1.54) is 65.9 Å². The fourth-order valence-electron chi connectivity index (χ4n) is 7.06. The highest BCUT2D eigenvalue weighted by Crippen LogP contribution is 2.37. The summed E-state index contributed by atoms with van der Waals surface area (Å²) in [4.78, 5) is 0. The molecule has 8 aromatic rings. The van der Waals surface area contributed by atoms with Crippen LogP contribution < -0.4 is 16.4 Å². The van der Waals surface area contributed by atoms with Crippen molar-refractivity contribution in [1.29, 1.82) is 0 Å². The van der Waals surface area contributed by atoms with Crippen molar-refractivity contribution in [3.8, 4) is 22.5 Å². The molecule has 187 valence electrons. The third-order valence-electron chi connectivity index (χ3n) is 8.83. The van der Waals surface area contributed by atoms with Crippen LogP contribution in [0.5, 0.6) is 0 Å². The van der Waals surface area contributed by atoms with E-state index >= 15 is 0 Å². The van der Waals surface area contributed by atoms with E-state index < -0.39 is 0 Å². The molecule has 0 bridgehead atoms. The fourth-order valence-corrected chi connectivity index (χ4v) is 7.06. The van der Waals surface area contributed by atoms with Gasteiger partial charge < -0.3 is 9.13 Å². The molecule has 3 radical (unpaired) electrons. The summed E-state index contributed by atoms with van der Waals surface area (Å²) in [6.45, 7) is 2.19. The van der Waals surface area contributed by atoms with Crippen LogP contribution in [0.15, 0.2) is 121 Å². The van der Waals surface area contributed by atoms with Gasteiger partial charge in [0.15, 0.2) is 7.28 Å². The number of benzene rings is 6. The van der Waals surface area contributed by atoms with E-state index in [2.05, 4.69) is 139 Å². The van der Waals surface area contributed by atoms with Crippen LogP contribution >= 0.6 is 0 Å². The topological polar surface area (TPSA) is 9.86 Å². The molecular weight excluding hydrogens is 494 g/mol. The van der Waals surface area contributed by atoms with Crippen LogP contribution in [0.4, 0.5) is 0 Å². The highest BCUT2D eigenvalue weighted by Gasteiger charge is 2.27. The molecule has 6 aromatic carbocycles. The van der Waals surface area contributed by atoms with Crippen LogP contribution in [0, 0.1) is 6.92 Å². The molecule has 9 rings (SSSR count). The molecule has 0 saturated heterocycles. The van der Waals surface area contributed by atoms with Gasteiger partial charge in [0, 0.05) is 44.0 Å². The second-order valence-electron chi connectivity index (χ2n) is 11.1. The largest absolute Gasteiger partial charge is 0.310 e. The highest BCUT2D eigenvalue weighted by molar-refractivity contribution is 6.73. The van der Waals surface area contributed by atoms with Crippen LogP contribution in [0.1, 0.15) is 5.56 Å². The van der Waals surface area contributed by atoms with Gasteiger partial charge in [0.25, 0.3) is 0 Å². The lowest BCUT2D eigenvalue weighted by Gasteiger charge is -2.26. The number of aromatic nitrogens is 2. The van der Waals surface area contributed by atoms with E-state index in [0.29, 0.717) is 0 Å². The van der Waals surface area contributed by atoms with Crippen LogP contribution in [0.2, 0.25) is 0 Å². The molecule has 0 amide bonds. The zero-order chi connectivity index (χ0) is 27.2. The third kappa shape index (κ3) is 3.05. The number of nitrogens with zero attached hydrogens (tertiary/aromatic N) is 2. The van der Waals surface area contributed by atoms with Gasteiger partial charge in [-0.2, -0.15) is 0 Å². The quantitative estimate of drug-likeness (QED) is 0.228. The predicted octanol–water partition coefficient (Wildman–Crippen LogP) is 6.62. The van der Waals surface area contributed by atoms with Gasteiger partial charge in [-0.25, -0.2) is 0 Å². The van der Waals surface area contributed by atoms with Crippen molar-refractivity contribution >= 4 is 75.1 Å². The van der Waals surface area contributed by atoms with Gasteiger partial charge in [-0.3, -0.25) is 0 Å². The predicted molar refractivity (Wildman–Crippen MR) is 176 cm³/mol. The Morgan fingerprint density at radius 1 is 0.561 bits per heavy atom. The van der Waals surface area contributed by atoms with Crippen molar-refractivity contribution < 1.29 is 0 Å². The maximum Gasteiger partial charge on any atom is 0.199 e. The van der Waals surface area contributed by atoms with Gasteiger partial charge >= 0.3 is 0 Å². The molecule has 0 aliphatic carbocycles. The zero-order valence-electron chi connectivity index (χ0n) is 22.6. The van der Waals surface area contributed by atoms with E-state index in [-0.39, 0.29) is 0 Å². The van der Waals surface area contributed by atoms with Crippen molar-refractivity contribution in [1.82, 2.24) is 9.13 Å². The van der Waals surface area contributed by atoms with Crippen molar-refractivity contribution in [2.45, 2.75) is 6.92 Å². The van der Waals surface area contributed by atoms with Gasteiger partial charge in [0.2, 0.25) is 0 Å². The Morgan fingerprint density at radius 2 is 1.12 bits per heavy atom. The fraction of sp³-hybridized carbons (Fsp3) is 0.0270. The van der Waals surface area contributed by atoms with Crippen molar-refractivity contribution in [2.24, 2.45) is 0 Å². The zero-order valence-corrected chi connectivity index (χ0v) is 22.6. The Balaban J connectivity index is 1.50. The van der Waals surface area contributed by atoms with E-state index in [4.69, 9.17) is 7.85 Å². The molecule has 3 heterocycles. The molecule has 4 heteroatoms. The van der Waals surface area contributed by atoms with E-state index in [1.807, 2.05) is 6.07 Å². The minimum atomic E-state index is 0.777. The van der Waals surface area contributed by atoms with Crippen molar-refractivity contribution in [3.05, 3.63) is 127 Å². The Kier molecular flexibility index (Phi) is 4.61. The van der Waals surface area contributed by atoms with Gasteiger partial charge in [-0.1, -0.05) is 108 Å². The Labute approximate surface area is 240 Å². The summed E-state index contributed by atoms with van der Waals surface area (Å²) < 4.78 is 4.85. The minimum Gasteiger partial charge on any atom is -0.310 e. The maximum absolute atomic E-state index is 6.77. The number of fused-ring (bicyclic) bond motifs is 8. The highest BCUT2D eigenvalue weighted by atomic mass is 15.0.